The molecule has 1 N–H and O–H groups in total. The van der Waals surface area contributed by atoms with Gasteiger partial charge in [0.15, 0.2) is 6.10 Å². The molecule has 1 saturated heterocycles. The highest BCUT2D eigenvalue weighted by Crippen LogP contribution is 2.22. The Morgan fingerprint density at radius 3 is 2.90 bits per heavy atom. The molecule has 10 heavy (non-hydrogen) atoms. The summed E-state index contributed by atoms with van der Waals surface area (Å²) >= 11 is 0. The summed E-state index contributed by atoms with van der Waals surface area (Å²) < 4.78 is 9.38. The first kappa shape index (κ1) is 7.50. The van der Waals surface area contributed by atoms with Crippen molar-refractivity contribution in [3.8, 4) is 0 Å². The van der Waals surface area contributed by atoms with E-state index in [1.165, 1.54) is 0 Å². The fourth-order valence-electron chi connectivity index (χ4n) is 0.713. The van der Waals surface area contributed by atoms with Crippen LogP contribution in [0, 0.1) is 0 Å². The SMILES string of the molecule is CCOC(=O)C1OC1CO. The fourth-order valence-corrected chi connectivity index (χ4v) is 0.713. The zero-order valence-electron chi connectivity index (χ0n) is 5.74. The number of esters is 1. The number of hydrogen-bond acceptors (Lipinski definition) is 4. The van der Waals surface area contributed by atoms with Gasteiger partial charge in [0, 0.05) is 0 Å². The van der Waals surface area contributed by atoms with Gasteiger partial charge in [-0.05, 0) is 6.92 Å². The minimum Gasteiger partial charge on any atom is -0.464 e. The summed E-state index contributed by atoms with van der Waals surface area (Å²) in [7, 11) is 0. The number of carbonyl (C=O) groups is 1. The second-order valence-corrected chi connectivity index (χ2v) is 2.03. The number of carbonyl (C=O) groups excluding carboxylic acids is 1. The van der Waals surface area contributed by atoms with Crippen LogP contribution < -0.4 is 0 Å². The maximum absolute atomic E-state index is 10.7. The van der Waals surface area contributed by atoms with Gasteiger partial charge in [-0.1, -0.05) is 0 Å². The topological polar surface area (TPSA) is 59.1 Å². The summed E-state index contributed by atoms with van der Waals surface area (Å²) in [5, 5.41) is 8.46. The number of ether oxygens (including phenoxy) is 2. The predicted octanol–water partition coefficient (Wildman–Crippen LogP) is -0.691. The summed E-state index contributed by atoms with van der Waals surface area (Å²) in [6.45, 7) is 1.98. The Balaban J connectivity index is 2.19. The predicted molar refractivity (Wildman–Crippen MR) is 32.4 cm³/mol. The van der Waals surface area contributed by atoms with E-state index in [9.17, 15) is 4.79 Å². The molecule has 1 fully saturated rings. The molecule has 1 rings (SSSR count). The van der Waals surface area contributed by atoms with Crippen LogP contribution in [-0.2, 0) is 14.3 Å². The molecule has 1 aliphatic rings. The van der Waals surface area contributed by atoms with Gasteiger partial charge in [0.25, 0.3) is 0 Å². The molecular weight excluding hydrogens is 136 g/mol. The third-order valence-corrected chi connectivity index (χ3v) is 1.28. The minimum absolute atomic E-state index is 0.108. The van der Waals surface area contributed by atoms with E-state index in [-0.39, 0.29) is 18.7 Å². The zero-order valence-corrected chi connectivity index (χ0v) is 5.74. The molecule has 0 aromatic heterocycles. The van der Waals surface area contributed by atoms with Crippen LogP contribution in [0.25, 0.3) is 0 Å². The Morgan fingerprint density at radius 1 is 1.80 bits per heavy atom. The van der Waals surface area contributed by atoms with Crippen LogP contribution in [0.1, 0.15) is 6.92 Å². The van der Waals surface area contributed by atoms with E-state index in [2.05, 4.69) is 4.74 Å². The lowest BCUT2D eigenvalue weighted by atomic mass is 10.3. The van der Waals surface area contributed by atoms with Crippen molar-refractivity contribution in [1.29, 1.82) is 0 Å². The number of aliphatic hydroxyl groups is 1. The fraction of sp³-hybridized carbons (Fsp3) is 0.833. The molecule has 1 aliphatic heterocycles. The molecule has 2 atom stereocenters. The second-order valence-electron chi connectivity index (χ2n) is 2.03. The van der Waals surface area contributed by atoms with Gasteiger partial charge < -0.3 is 14.6 Å². The van der Waals surface area contributed by atoms with Crippen molar-refractivity contribution >= 4 is 5.97 Å². The summed E-state index contributed by atoms with van der Waals surface area (Å²) in [6, 6.07) is 0. The molecule has 4 heteroatoms. The normalized spacial score (nSPS) is 29.8. The molecule has 0 amide bonds. The van der Waals surface area contributed by atoms with Crippen molar-refractivity contribution in [3.63, 3.8) is 0 Å². The van der Waals surface area contributed by atoms with Crippen LogP contribution in [0.3, 0.4) is 0 Å². The quantitative estimate of drug-likeness (QED) is 0.423. The third kappa shape index (κ3) is 1.46. The van der Waals surface area contributed by atoms with E-state index in [1.807, 2.05) is 0 Å². The molecule has 0 spiro atoms. The first-order chi connectivity index (χ1) is 4.79. The summed E-state index contributed by atoms with van der Waals surface area (Å²) in [4.78, 5) is 10.7. The van der Waals surface area contributed by atoms with E-state index in [1.54, 1.807) is 6.92 Å². The molecule has 0 aromatic carbocycles. The lowest BCUT2D eigenvalue weighted by Gasteiger charge is -1.94. The lowest BCUT2D eigenvalue weighted by molar-refractivity contribution is -0.144. The van der Waals surface area contributed by atoms with Gasteiger partial charge in [-0.15, -0.1) is 0 Å². The molecule has 2 unspecified atom stereocenters. The number of hydrogen-bond donors (Lipinski definition) is 1. The highest BCUT2D eigenvalue weighted by molar-refractivity contribution is 5.77. The lowest BCUT2D eigenvalue weighted by Crippen LogP contribution is -2.14. The Labute approximate surface area is 58.7 Å². The highest BCUT2D eigenvalue weighted by Gasteiger charge is 2.45. The summed E-state index contributed by atoms with van der Waals surface area (Å²) in [5.41, 5.74) is 0. The molecular formula is C6H10O4. The number of aliphatic hydroxyl groups excluding tert-OH is 1. The van der Waals surface area contributed by atoms with Gasteiger partial charge in [-0.2, -0.15) is 0 Å². The minimum atomic E-state index is -0.509. The Hall–Kier alpha value is -0.610. The Bertz CT molecular complexity index is 134. The van der Waals surface area contributed by atoms with Crippen molar-refractivity contribution in [2.45, 2.75) is 19.1 Å². The average Bonchev–Trinajstić information content (AvgIpc) is 2.66. The molecule has 0 saturated carbocycles. The van der Waals surface area contributed by atoms with E-state index < -0.39 is 6.10 Å². The van der Waals surface area contributed by atoms with E-state index >= 15 is 0 Å². The van der Waals surface area contributed by atoms with E-state index in [4.69, 9.17) is 9.84 Å². The van der Waals surface area contributed by atoms with Gasteiger partial charge in [-0.25, -0.2) is 4.79 Å². The largest absolute Gasteiger partial charge is 0.464 e. The van der Waals surface area contributed by atoms with Gasteiger partial charge in [0.1, 0.15) is 6.10 Å². The van der Waals surface area contributed by atoms with Crippen LogP contribution in [0.15, 0.2) is 0 Å². The van der Waals surface area contributed by atoms with Crippen LogP contribution >= 0.6 is 0 Å². The first-order valence-electron chi connectivity index (χ1n) is 3.22. The van der Waals surface area contributed by atoms with Crippen LogP contribution in [0.5, 0.6) is 0 Å². The number of rotatable bonds is 3. The van der Waals surface area contributed by atoms with Gasteiger partial charge in [0.2, 0.25) is 0 Å². The van der Waals surface area contributed by atoms with Crippen molar-refractivity contribution in [2.75, 3.05) is 13.2 Å². The average molecular weight is 146 g/mol. The molecule has 0 bridgehead atoms. The van der Waals surface area contributed by atoms with Gasteiger partial charge in [-0.3, -0.25) is 0 Å². The monoisotopic (exact) mass is 146 g/mol. The van der Waals surface area contributed by atoms with E-state index in [0.29, 0.717) is 6.61 Å². The second kappa shape index (κ2) is 2.98. The standard InChI is InChI=1S/C6H10O4/c1-2-9-6(8)5-4(3-7)10-5/h4-5,7H,2-3H2,1H3. The Kier molecular flexibility index (Phi) is 2.24. The first-order valence-corrected chi connectivity index (χ1v) is 3.22. The maximum atomic E-state index is 10.7. The molecule has 0 radical (unpaired) electrons. The van der Waals surface area contributed by atoms with Crippen molar-refractivity contribution < 1.29 is 19.4 Å². The zero-order chi connectivity index (χ0) is 7.56. The molecule has 4 nitrogen and oxygen atoms in total. The number of epoxide rings is 1. The van der Waals surface area contributed by atoms with E-state index in [0.717, 1.165) is 0 Å². The Morgan fingerprint density at radius 2 is 2.50 bits per heavy atom. The van der Waals surface area contributed by atoms with Crippen LogP contribution in [-0.4, -0.2) is 36.5 Å². The maximum Gasteiger partial charge on any atom is 0.338 e. The van der Waals surface area contributed by atoms with Crippen LogP contribution in [0.2, 0.25) is 0 Å². The summed E-state index contributed by atoms with van der Waals surface area (Å²) in [6.07, 6.45) is -0.830. The molecule has 0 aliphatic carbocycles. The third-order valence-electron chi connectivity index (χ3n) is 1.28. The molecule has 1 heterocycles. The molecule has 58 valence electrons. The summed E-state index contributed by atoms with van der Waals surface area (Å²) in [5.74, 6) is -0.374. The highest BCUT2D eigenvalue weighted by atomic mass is 16.6. The van der Waals surface area contributed by atoms with Crippen LogP contribution in [0.4, 0.5) is 0 Å². The smallest absolute Gasteiger partial charge is 0.338 e. The van der Waals surface area contributed by atoms with Gasteiger partial charge in [0.05, 0.1) is 13.2 Å². The van der Waals surface area contributed by atoms with Gasteiger partial charge >= 0.3 is 5.97 Å². The van der Waals surface area contributed by atoms with Crippen molar-refractivity contribution in [2.24, 2.45) is 0 Å². The van der Waals surface area contributed by atoms with Crippen molar-refractivity contribution in [3.05, 3.63) is 0 Å². The van der Waals surface area contributed by atoms with Crippen molar-refractivity contribution in [1.82, 2.24) is 0 Å². The molecule has 0 aromatic rings.